The van der Waals surface area contributed by atoms with Crippen molar-refractivity contribution in [2.45, 2.75) is 51.3 Å². The molecule has 0 saturated carbocycles. The second-order valence-corrected chi connectivity index (χ2v) is 4.32. The molecule has 0 bridgehead atoms. The molecule has 74 valence electrons. The Morgan fingerprint density at radius 2 is 2.23 bits per heavy atom. The molecule has 0 aliphatic carbocycles. The van der Waals surface area contributed by atoms with Crippen LogP contribution in [0.2, 0.25) is 0 Å². The summed E-state index contributed by atoms with van der Waals surface area (Å²) in [6, 6.07) is 0.509. The lowest BCUT2D eigenvalue weighted by Gasteiger charge is -2.33. The van der Waals surface area contributed by atoms with Crippen LogP contribution in [-0.2, 0) is 4.74 Å². The summed E-state index contributed by atoms with van der Waals surface area (Å²) in [5.41, 5.74) is -0.193. The summed E-state index contributed by atoms with van der Waals surface area (Å²) in [5.74, 6) is 2.75. The lowest BCUT2D eigenvalue weighted by molar-refractivity contribution is 0.0103. The molecule has 1 aliphatic heterocycles. The SMILES string of the molecule is C#CC(C)(C)NC1CCOC(C)C1. The summed E-state index contributed by atoms with van der Waals surface area (Å²) in [7, 11) is 0. The molecule has 2 atom stereocenters. The average molecular weight is 181 g/mol. The zero-order chi connectivity index (χ0) is 9.90. The molecule has 1 heterocycles. The highest BCUT2D eigenvalue weighted by molar-refractivity contribution is 5.08. The number of rotatable bonds is 2. The molecule has 0 aromatic rings. The molecule has 0 amide bonds. The van der Waals surface area contributed by atoms with Crippen LogP contribution in [0, 0.1) is 12.3 Å². The van der Waals surface area contributed by atoms with E-state index in [1.807, 2.05) is 13.8 Å². The number of ether oxygens (including phenoxy) is 1. The summed E-state index contributed by atoms with van der Waals surface area (Å²) in [6.07, 6.45) is 7.90. The van der Waals surface area contributed by atoms with Gasteiger partial charge in [-0.1, -0.05) is 5.92 Å². The van der Waals surface area contributed by atoms with Crippen molar-refractivity contribution < 1.29 is 4.74 Å². The fourth-order valence-corrected chi connectivity index (χ4v) is 1.68. The second kappa shape index (κ2) is 4.13. The molecule has 1 aliphatic rings. The Bertz CT molecular complexity index is 205. The fraction of sp³-hybridized carbons (Fsp3) is 0.818. The zero-order valence-electron chi connectivity index (χ0n) is 8.76. The van der Waals surface area contributed by atoms with Crippen molar-refractivity contribution in [1.82, 2.24) is 5.32 Å². The van der Waals surface area contributed by atoms with Gasteiger partial charge in [-0.2, -0.15) is 0 Å². The minimum Gasteiger partial charge on any atom is -0.378 e. The lowest BCUT2D eigenvalue weighted by Crippen LogP contribution is -2.48. The van der Waals surface area contributed by atoms with E-state index in [4.69, 9.17) is 11.2 Å². The third-order valence-corrected chi connectivity index (χ3v) is 2.41. The number of nitrogens with one attached hydrogen (secondary N) is 1. The first-order valence-electron chi connectivity index (χ1n) is 4.90. The molecule has 2 heteroatoms. The van der Waals surface area contributed by atoms with Crippen molar-refractivity contribution in [3.05, 3.63) is 0 Å². The van der Waals surface area contributed by atoms with Gasteiger partial charge in [0.15, 0.2) is 0 Å². The topological polar surface area (TPSA) is 21.3 Å². The van der Waals surface area contributed by atoms with Gasteiger partial charge in [-0.15, -0.1) is 6.42 Å². The van der Waals surface area contributed by atoms with Gasteiger partial charge in [0.05, 0.1) is 11.6 Å². The van der Waals surface area contributed by atoms with Crippen molar-refractivity contribution >= 4 is 0 Å². The second-order valence-electron chi connectivity index (χ2n) is 4.32. The van der Waals surface area contributed by atoms with Crippen molar-refractivity contribution in [3.8, 4) is 12.3 Å². The van der Waals surface area contributed by atoms with E-state index < -0.39 is 0 Å². The van der Waals surface area contributed by atoms with Gasteiger partial charge in [0, 0.05) is 12.6 Å². The van der Waals surface area contributed by atoms with Gasteiger partial charge in [-0.3, -0.25) is 5.32 Å². The molecular weight excluding hydrogens is 162 g/mol. The van der Waals surface area contributed by atoms with E-state index in [1.54, 1.807) is 0 Å². The molecule has 13 heavy (non-hydrogen) atoms. The minimum absolute atomic E-state index is 0.193. The van der Waals surface area contributed by atoms with Gasteiger partial charge in [-0.25, -0.2) is 0 Å². The molecule has 2 nitrogen and oxygen atoms in total. The monoisotopic (exact) mass is 181 g/mol. The molecule has 2 unspecified atom stereocenters. The predicted octanol–water partition coefficient (Wildman–Crippen LogP) is 1.56. The maximum Gasteiger partial charge on any atom is 0.0743 e. The Labute approximate surface area is 81.0 Å². The maximum absolute atomic E-state index is 5.46. The highest BCUT2D eigenvalue weighted by Crippen LogP contribution is 2.15. The van der Waals surface area contributed by atoms with E-state index in [0.29, 0.717) is 12.1 Å². The van der Waals surface area contributed by atoms with Crippen LogP contribution in [0.1, 0.15) is 33.6 Å². The van der Waals surface area contributed by atoms with Gasteiger partial charge in [-0.05, 0) is 33.6 Å². The van der Waals surface area contributed by atoms with Crippen LogP contribution >= 0.6 is 0 Å². The minimum atomic E-state index is -0.193. The van der Waals surface area contributed by atoms with Crippen LogP contribution < -0.4 is 5.32 Å². The Kier molecular flexibility index (Phi) is 3.35. The van der Waals surface area contributed by atoms with Crippen molar-refractivity contribution in [2.24, 2.45) is 0 Å². The predicted molar refractivity (Wildman–Crippen MR) is 54.5 cm³/mol. The van der Waals surface area contributed by atoms with E-state index in [0.717, 1.165) is 19.4 Å². The van der Waals surface area contributed by atoms with E-state index in [9.17, 15) is 0 Å². The lowest BCUT2D eigenvalue weighted by atomic mass is 9.99. The first-order chi connectivity index (χ1) is 6.03. The fourth-order valence-electron chi connectivity index (χ4n) is 1.68. The van der Waals surface area contributed by atoms with E-state index in [-0.39, 0.29) is 5.54 Å². The molecule has 0 aromatic carbocycles. The summed E-state index contributed by atoms with van der Waals surface area (Å²) < 4.78 is 5.46. The van der Waals surface area contributed by atoms with Crippen molar-refractivity contribution in [2.75, 3.05) is 6.61 Å². The normalized spacial score (nSPS) is 29.7. The van der Waals surface area contributed by atoms with E-state index in [2.05, 4.69) is 18.2 Å². The van der Waals surface area contributed by atoms with Crippen LogP contribution in [0.25, 0.3) is 0 Å². The third kappa shape index (κ3) is 3.38. The molecule has 1 fully saturated rings. The third-order valence-electron chi connectivity index (χ3n) is 2.41. The van der Waals surface area contributed by atoms with Gasteiger partial charge in [0.2, 0.25) is 0 Å². The maximum atomic E-state index is 5.46. The Balaban J connectivity index is 2.41. The van der Waals surface area contributed by atoms with Crippen LogP contribution in [0.4, 0.5) is 0 Å². The smallest absolute Gasteiger partial charge is 0.0743 e. The molecule has 0 aromatic heterocycles. The van der Waals surface area contributed by atoms with Crippen LogP contribution in [0.15, 0.2) is 0 Å². The van der Waals surface area contributed by atoms with Crippen LogP contribution in [0.3, 0.4) is 0 Å². The van der Waals surface area contributed by atoms with Crippen LogP contribution in [0.5, 0.6) is 0 Å². The molecule has 0 radical (unpaired) electrons. The Morgan fingerprint density at radius 3 is 2.77 bits per heavy atom. The number of hydrogen-bond donors (Lipinski definition) is 1. The van der Waals surface area contributed by atoms with Gasteiger partial charge in [0.25, 0.3) is 0 Å². The molecule has 0 spiro atoms. The Morgan fingerprint density at radius 1 is 1.54 bits per heavy atom. The first-order valence-corrected chi connectivity index (χ1v) is 4.90. The van der Waals surface area contributed by atoms with Gasteiger partial charge >= 0.3 is 0 Å². The first kappa shape index (κ1) is 10.6. The van der Waals surface area contributed by atoms with Crippen molar-refractivity contribution in [1.29, 1.82) is 0 Å². The van der Waals surface area contributed by atoms with E-state index in [1.165, 1.54) is 0 Å². The van der Waals surface area contributed by atoms with Gasteiger partial charge in [0.1, 0.15) is 0 Å². The molecule has 1 saturated heterocycles. The highest BCUT2D eigenvalue weighted by Gasteiger charge is 2.24. The Hall–Kier alpha value is -0.520. The van der Waals surface area contributed by atoms with E-state index >= 15 is 0 Å². The number of hydrogen-bond acceptors (Lipinski definition) is 2. The quantitative estimate of drug-likeness (QED) is 0.653. The average Bonchev–Trinajstić information content (AvgIpc) is 2.03. The van der Waals surface area contributed by atoms with Crippen LogP contribution in [-0.4, -0.2) is 24.3 Å². The highest BCUT2D eigenvalue weighted by atomic mass is 16.5. The molecular formula is C11H19NO. The summed E-state index contributed by atoms with van der Waals surface area (Å²) in [5, 5.41) is 3.46. The standard InChI is InChI=1S/C11H19NO/c1-5-11(3,4)12-10-6-7-13-9(2)8-10/h1,9-10,12H,6-8H2,2-4H3. The summed E-state index contributed by atoms with van der Waals surface area (Å²) in [6.45, 7) is 7.02. The van der Waals surface area contributed by atoms with Crippen molar-refractivity contribution in [3.63, 3.8) is 0 Å². The molecule has 1 N–H and O–H groups in total. The zero-order valence-corrected chi connectivity index (χ0v) is 8.76. The van der Waals surface area contributed by atoms with Gasteiger partial charge < -0.3 is 4.74 Å². The molecule has 1 rings (SSSR count). The summed E-state index contributed by atoms with van der Waals surface area (Å²) in [4.78, 5) is 0. The largest absolute Gasteiger partial charge is 0.378 e. The number of terminal acetylenes is 1. The summed E-state index contributed by atoms with van der Waals surface area (Å²) >= 11 is 0.